The van der Waals surface area contributed by atoms with Crippen molar-refractivity contribution in [1.82, 2.24) is 9.62 Å². The molecule has 42 heavy (non-hydrogen) atoms. The molecule has 226 valence electrons. The quantitative estimate of drug-likeness (QED) is 0.272. The van der Waals surface area contributed by atoms with Gasteiger partial charge in [0, 0.05) is 13.6 Å². The topological polar surface area (TPSA) is 122 Å². The molecule has 0 aliphatic carbocycles. The van der Waals surface area contributed by atoms with Crippen molar-refractivity contribution in [3.05, 3.63) is 96.1 Å². The molecule has 0 radical (unpaired) electrons. The maximum atomic E-state index is 13.5. The van der Waals surface area contributed by atoms with Crippen molar-refractivity contribution >= 4 is 21.9 Å². The number of hydrogen-bond acceptors (Lipinski definition) is 7. The summed E-state index contributed by atoms with van der Waals surface area (Å²) in [7, 11) is -1.07. The van der Waals surface area contributed by atoms with Gasteiger partial charge in [0.1, 0.15) is 12.4 Å². The number of esters is 1. The number of aliphatic hydroxyl groups is 1. The van der Waals surface area contributed by atoms with Crippen LogP contribution in [-0.2, 0) is 37.4 Å². The van der Waals surface area contributed by atoms with E-state index in [2.05, 4.69) is 5.32 Å². The molecule has 0 spiro atoms. The number of rotatable bonds is 14. The third-order valence-electron chi connectivity index (χ3n) is 7.52. The predicted octanol–water partition coefficient (Wildman–Crippen LogP) is 3.81. The number of sulfonamides is 1. The van der Waals surface area contributed by atoms with Gasteiger partial charge in [-0.05, 0) is 55.7 Å². The van der Waals surface area contributed by atoms with E-state index in [1.807, 2.05) is 60.7 Å². The molecule has 0 unspecified atom stereocenters. The normalized spacial score (nSPS) is 14.1. The number of likely N-dealkylation sites (N-methyl/N-ethyl adjacent to an activating group) is 1. The lowest BCUT2D eigenvalue weighted by atomic mass is 9.79. The van der Waals surface area contributed by atoms with E-state index in [1.54, 1.807) is 32.9 Å². The van der Waals surface area contributed by atoms with E-state index in [9.17, 15) is 23.1 Å². The zero-order valence-electron chi connectivity index (χ0n) is 24.7. The Hall–Kier alpha value is -3.73. The minimum atomic E-state index is -3.93. The van der Waals surface area contributed by atoms with E-state index >= 15 is 0 Å². The summed E-state index contributed by atoms with van der Waals surface area (Å²) in [6.07, 6.45) is -1.01. The van der Waals surface area contributed by atoms with E-state index in [0.717, 1.165) is 15.4 Å². The van der Waals surface area contributed by atoms with Crippen LogP contribution in [0.2, 0.25) is 0 Å². The largest absolute Gasteiger partial charge is 0.497 e. The second-order valence-electron chi connectivity index (χ2n) is 10.8. The van der Waals surface area contributed by atoms with Gasteiger partial charge in [0.25, 0.3) is 0 Å². The minimum absolute atomic E-state index is 0.0473. The van der Waals surface area contributed by atoms with Crippen LogP contribution in [0.3, 0.4) is 0 Å². The molecule has 0 heterocycles. The fourth-order valence-corrected chi connectivity index (χ4v) is 5.48. The molecule has 0 saturated carbocycles. The molecular weight excluding hydrogens is 556 g/mol. The van der Waals surface area contributed by atoms with E-state index in [-0.39, 0.29) is 24.5 Å². The van der Waals surface area contributed by atoms with Crippen LogP contribution < -0.4 is 10.1 Å². The van der Waals surface area contributed by atoms with Gasteiger partial charge < -0.3 is 19.9 Å². The van der Waals surface area contributed by atoms with Gasteiger partial charge in [-0.2, -0.15) is 4.31 Å². The molecular formula is C32H40N2O7S. The van der Waals surface area contributed by atoms with E-state index in [4.69, 9.17) is 9.47 Å². The average Bonchev–Trinajstić information content (AvgIpc) is 2.99. The number of amides is 1. The molecule has 9 nitrogen and oxygen atoms in total. The van der Waals surface area contributed by atoms with Gasteiger partial charge in [0.05, 0.1) is 35.5 Å². The van der Waals surface area contributed by atoms with Crippen LogP contribution in [0.15, 0.2) is 89.8 Å². The Balaban J connectivity index is 1.74. The fourth-order valence-electron chi connectivity index (χ4n) is 4.29. The summed E-state index contributed by atoms with van der Waals surface area (Å²) >= 11 is 0. The molecule has 0 aliphatic heterocycles. The number of nitrogens with one attached hydrogen (secondary N) is 1. The summed E-state index contributed by atoms with van der Waals surface area (Å²) in [5, 5.41) is 14.1. The monoisotopic (exact) mass is 596 g/mol. The Labute approximate surface area is 248 Å². The van der Waals surface area contributed by atoms with Crippen molar-refractivity contribution in [3.8, 4) is 5.75 Å². The third-order valence-corrected chi connectivity index (χ3v) is 9.35. The fraction of sp³-hybridized carbons (Fsp3) is 0.375. The lowest BCUT2D eigenvalue weighted by molar-refractivity contribution is -0.161. The summed E-state index contributed by atoms with van der Waals surface area (Å²) in [5.74, 6) is -1.29. The first-order chi connectivity index (χ1) is 19.9. The molecule has 3 aromatic rings. The first-order valence-electron chi connectivity index (χ1n) is 13.7. The maximum Gasteiger partial charge on any atom is 0.312 e. The van der Waals surface area contributed by atoms with Crippen LogP contribution in [0.25, 0.3) is 0 Å². The molecule has 1 amide bonds. The lowest BCUT2D eigenvalue weighted by Crippen LogP contribution is -2.53. The molecule has 0 aliphatic rings. The Morgan fingerprint density at radius 1 is 0.929 bits per heavy atom. The van der Waals surface area contributed by atoms with E-state index < -0.39 is 45.4 Å². The average molecular weight is 597 g/mol. The van der Waals surface area contributed by atoms with Crippen molar-refractivity contribution in [1.29, 1.82) is 0 Å². The second-order valence-corrected chi connectivity index (χ2v) is 12.9. The molecule has 0 bridgehead atoms. The van der Waals surface area contributed by atoms with Crippen molar-refractivity contribution < 1.29 is 32.6 Å². The van der Waals surface area contributed by atoms with Gasteiger partial charge in [-0.25, -0.2) is 8.42 Å². The van der Waals surface area contributed by atoms with Crippen molar-refractivity contribution in [3.63, 3.8) is 0 Å². The zero-order chi connectivity index (χ0) is 30.9. The molecule has 0 aromatic heterocycles. The van der Waals surface area contributed by atoms with Gasteiger partial charge >= 0.3 is 5.97 Å². The number of nitrogens with zero attached hydrogens (tertiary/aromatic N) is 1. The highest BCUT2D eigenvalue weighted by Crippen LogP contribution is 2.29. The SMILES string of the molecule is COc1ccc(S(=O)(=O)N(C)C[C@@H](O)[C@H](Cc2ccccc2)NC(=O)[C@H](C)C(C)(C)C(=O)OCc2ccccc2)cc1. The molecule has 3 rings (SSSR count). The summed E-state index contributed by atoms with van der Waals surface area (Å²) in [6.45, 7) is 4.72. The van der Waals surface area contributed by atoms with Crippen molar-refractivity contribution in [2.75, 3.05) is 20.7 Å². The van der Waals surface area contributed by atoms with Gasteiger partial charge in [0.2, 0.25) is 15.9 Å². The van der Waals surface area contributed by atoms with Gasteiger partial charge in [-0.15, -0.1) is 0 Å². The Morgan fingerprint density at radius 3 is 2.02 bits per heavy atom. The van der Waals surface area contributed by atoms with Crippen LogP contribution >= 0.6 is 0 Å². The first kappa shape index (κ1) is 32.8. The zero-order valence-corrected chi connectivity index (χ0v) is 25.5. The maximum absolute atomic E-state index is 13.5. The third kappa shape index (κ3) is 8.40. The van der Waals surface area contributed by atoms with Gasteiger partial charge in [-0.3, -0.25) is 9.59 Å². The molecule has 0 fully saturated rings. The highest BCUT2D eigenvalue weighted by molar-refractivity contribution is 7.89. The van der Waals surface area contributed by atoms with Crippen molar-refractivity contribution in [2.45, 2.75) is 50.8 Å². The van der Waals surface area contributed by atoms with Crippen LogP contribution in [0, 0.1) is 11.3 Å². The van der Waals surface area contributed by atoms with Gasteiger partial charge in [0.15, 0.2) is 0 Å². The summed E-state index contributed by atoms with van der Waals surface area (Å²) in [6, 6.07) is 23.6. The number of carbonyl (C=O) groups excluding carboxylic acids is 2. The number of carbonyl (C=O) groups is 2. The first-order valence-corrected chi connectivity index (χ1v) is 15.1. The summed E-state index contributed by atoms with van der Waals surface area (Å²) in [4.78, 5) is 26.5. The second kappa shape index (κ2) is 14.4. The summed E-state index contributed by atoms with van der Waals surface area (Å²) in [5.41, 5.74) is 0.505. The molecule has 10 heteroatoms. The predicted molar refractivity (Wildman–Crippen MR) is 160 cm³/mol. The van der Waals surface area contributed by atoms with Crippen LogP contribution in [0.4, 0.5) is 0 Å². The Bertz CT molecular complexity index is 1410. The van der Waals surface area contributed by atoms with Gasteiger partial charge in [-0.1, -0.05) is 67.6 Å². The van der Waals surface area contributed by atoms with E-state index in [1.165, 1.54) is 26.3 Å². The number of benzene rings is 3. The van der Waals surface area contributed by atoms with Crippen LogP contribution in [0.1, 0.15) is 31.9 Å². The molecule has 0 saturated heterocycles. The molecule has 2 N–H and O–H groups in total. The molecule has 3 aromatic carbocycles. The van der Waals surface area contributed by atoms with Crippen molar-refractivity contribution in [2.24, 2.45) is 11.3 Å². The smallest absolute Gasteiger partial charge is 0.312 e. The highest BCUT2D eigenvalue weighted by Gasteiger charge is 2.41. The van der Waals surface area contributed by atoms with Crippen LogP contribution in [0.5, 0.6) is 5.75 Å². The van der Waals surface area contributed by atoms with E-state index in [0.29, 0.717) is 5.75 Å². The highest BCUT2D eigenvalue weighted by atomic mass is 32.2. The Kier molecular flexibility index (Phi) is 11.3. The standard InChI is InChI=1S/C32H40N2O7S/c1-23(32(2,3)31(37)41-22-25-14-10-7-11-15-25)30(36)33-28(20-24-12-8-6-9-13-24)29(35)21-34(4)42(38,39)27-18-16-26(40-5)17-19-27/h6-19,23,28-29,35H,20-22H2,1-5H3,(H,33,36)/t23-,28-,29+/m0/s1. The number of hydrogen-bond donors (Lipinski definition) is 2. The van der Waals surface area contributed by atoms with Crippen LogP contribution in [-0.4, -0.2) is 62.6 Å². The minimum Gasteiger partial charge on any atom is -0.497 e. The summed E-state index contributed by atoms with van der Waals surface area (Å²) < 4.78 is 38.0. The number of ether oxygens (including phenoxy) is 2. The molecule has 3 atom stereocenters. The number of aliphatic hydroxyl groups excluding tert-OH is 1. The number of methoxy groups -OCH3 is 1. The Morgan fingerprint density at radius 2 is 1.48 bits per heavy atom. The lowest BCUT2D eigenvalue weighted by Gasteiger charge is -2.32.